The highest BCUT2D eigenvalue weighted by molar-refractivity contribution is 5.67. The van der Waals surface area contributed by atoms with Crippen molar-refractivity contribution in [3.8, 4) is 22.8 Å². The highest BCUT2D eigenvalue weighted by Gasteiger charge is 2.36. The molecule has 1 atom stereocenters. The van der Waals surface area contributed by atoms with Gasteiger partial charge < -0.3 is 4.57 Å². The zero-order valence-electron chi connectivity index (χ0n) is 12.8. The third-order valence-corrected chi connectivity index (χ3v) is 4.71. The van der Waals surface area contributed by atoms with Crippen LogP contribution in [0.1, 0.15) is 25.8 Å². The van der Waals surface area contributed by atoms with Crippen molar-refractivity contribution in [2.24, 2.45) is 0 Å². The summed E-state index contributed by atoms with van der Waals surface area (Å²) >= 11 is 0. The number of hydrogen-bond acceptors (Lipinski definition) is 3. The van der Waals surface area contributed by atoms with E-state index in [0.717, 1.165) is 30.1 Å². The van der Waals surface area contributed by atoms with E-state index < -0.39 is 0 Å². The van der Waals surface area contributed by atoms with E-state index in [-0.39, 0.29) is 5.54 Å². The molecule has 1 aliphatic heterocycles. The summed E-state index contributed by atoms with van der Waals surface area (Å²) in [6.45, 7) is 4.51. The summed E-state index contributed by atoms with van der Waals surface area (Å²) in [5.41, 5.74) is 3.54. The lowest BCUT2D eigenvalue weighted by Crippen LogP contribution is -2.36. The highest BCUT2D eigenvalue weighted by atomic mass is 15.3. The first-order valence-electron chi connectivity index (χ1n) is 7.67. The van der Waals surface area contributed by atoms with Crippen molar-refractivity contribution >= 4 is 0 Å². The lowest BCUT2D eigenvalue weighted by atomic mass is 9.84. The molecule has 3 aromatic rings. The molecule has 1 unspecified atom stereocenters. The van der Waals surface area contributed by atoms with Gasteiger partial charge in [0.05, 0.1) is 0 Å². The van der Waals surface area contributed by atoms with Crippen molar-refractivity contribution in [1.29, 1.82) is 0 Å². The molecule has 0 fully saturated rings. The summed E-state index contributed by atoms with van der Waals surface area (Å²) in [4.78, 5) is 4.23. The first-order valence-corrected chi connectivity index (χ1v) is 7.67. The summed E-state index contributed by atoms with van der Waals surface area (Å²) in [5, 5.41) is 8.99. The fraction of sp³-hybridized carbons (Fsp3) is 0.278. The van der Waals surface area contributed by atoms with E-state index in [0.29, 0.717) is 0 Å². The highest BCUT2D eigenvalue weighted by Crippen LogP contribution is 2.41. The summed E-state index contributed by atoms with van der Waals surface area (Å²) in [5.74, 6) is 1.87. The zero-order valence-corrected chi connectivity index (χ0v) is 12.8. The molecule has 3 heterocycles. The summed E-state index contributed by atoms with van der Waals surface area (Å²) < 4.78 is 2.30. The Morgan fingerprint density at radius 3 is 2.68 bits per heavy atom. The maximum atomic E-state index is 4.50. The van der Waals surface area contributed by atoms with Crippen LogP contribution < -0.4 is 0 Å². The second-order valence-corrected chi connectivity index (χ2v) is 6.11. The standard InChI is InChI=1S/C18H18N4/c1-3-18(2)11-13-7-4-5-9-15(13)17-21-20-16(22(17)18)14-8-6-10-19-12-14/h4-10,12H,3,11H2,1-2H3. The molecule has 1 aromatic carbocycles. The van der Waals surface area contributed by atoms with Crippen LogP contribution in [0, 0.1) is 0 Å². The molecule has 22 heavy (non-hydrogen) atoms. The molecule has 0 N–H and O–H groups in total. The minimum atomic E-state index is -0.0155. The van der Waals surface area contributed by atoms with Crippen molar-refractivity contribution < 1.29 is 0 Å². The van der Waals surface area contributed by atoms with Gasteiger partial charge in [0.1, 0.15) is 0 Å². The van der Waals surface area contributed by atoms with Crippen LogP contribution in [0.25, 0.3) is 22.8 Å². The molecule has 4 heteroatoms. The molecular formula is C18H18N4. The predicted octanol–water partition coefficient (Wildman–Crippen LogP) is 3.69. The van der Waals surface area contributed by atoms with E-state index in [1.54, 1.807) is 6.20 Å². The van der Waals surface area contributed by atoms with E-state index >= 15 is 0 Å². The average molecular weight is 290 g/mol. The third kappa shape index (κ3) is 1.80. The van der Waals surface area contributed by atoms with Crippen molar-refractivity contribution in [1.82, 2.24) is 19.7 Å². The van der Waals surface area contributed by atoms with E-state index in [1.807, 2.05) is 18.3 Å². The number of rotatable bonds is 2. The Hall–Kier alpha value is -2.49. The number of nitrogens with zero attached hydrogens (tertiary/aromatic N) is 4. The van der Waals surface area contributed by atoms with Crippen LogP contribution in [0.4, 0.5) is 0 Å². The second kappa shape index (κ2) is 4.77. The Morgan fingerprint density at radius 1 is 1.09 bits per heavy atom. The zero-order chi connectivity index (χ0) is 15.2. The Morgan fingerprint density at radius 2 is 1.91 bits per heavy atom. The van der Waals surface area contributed by atoms with Crippen LogP contribution in [-0.4, -0.2) is 19.7 Å². The van der Waals surface area contributed by atoms with Gasteiger partial charge in [0.25, 0.3) is 0 Å². The molecule has 0 amide bonds. The van der Waals surface area contributed by atoms with Gasteiger partial charge in [-0.25, -0.2) is 0 Å². The average Bonchev–Trinajstić information content (AvgIpc) is 3.02. The predicted molar refractivity (Wildman–Crippen MR) is 86.3 cm³/mol. The molecule has 0 radical (unpaired) electrons. The smallest absolute Gasteiger partial charge is 0.166 e. The van der Waals surface area contributed by atoms with Crippen LogP contribution in [0.3, 0.4) is 0 Å². The van der Waals surface area contributed by atoms with Crippen molar-refractivity contribution in [2.45, 2.75) is 32.2 Å². The van der Waals surface area contributed by atoms with E-state index in [4.69, 9.17) is 0 Å². The maximum Gasteiger partial charge on any atom is 0.166 e. The Bertz CT molecular complexity index is 809. The van der Waals surface area contributed by atoms with Crippen LogP contribution in [-0.2, 0) is 12.0 Å². The molecule has 0 saturated heterocycles. The van der Waals surface area contributed by atoms with Crippen LogP contribution >= 0.6 is 0 Å². The molecule has 0 spiro atoms. The normalized spacial score (nSPS) is 19.5. The van der Waals surface area contributed by atoms with Gasteiger partial charge >= 0.3 is 0 Å². The lowest BCUT2D eigenvalue weighted by Gasteiger charge is -2.37. The Kier molecular flexibility index (Phi) is 2.86. The minimum absolute atomic E-state index is 0.0155. The molecule has 2 aromatic heterocycles. The van der Waals surface area contributed by atoms with E-state index in [9.17, 15) is 0 Å². The van der Waals surface area contributed by atoms with E-state index in [1.165, 1.54) is 11.1 Å². The number of aromatic nitrogens is 4. The molecule has 1 aliphatic rings. The fourth-order valence-corrected chi connectivity index (χ4v) is 3.32. The molecule has 0 aliphatic carbocycles. The molecule has 0 saturated carbocycles. The van der Waals surface area contributed by atoms with Crippen molar-refractivity contribution in [3.63, 3.8) is 0 Å². The van der Waals surface area contributed by atoms with Crippen molar-refractivity contribution in [3.05, 3.63) is 54.4 Å². The van der Waals surface area contributed by atoms with Crippen LogP contribution in [0.2, 0.25) is 0 Å². The van der Waals surface area contributed by atoms with E-state index in [2.05, 4.69) is 57.9 Å². The van der Waals surface area contributed by atoms with Gasteiger partial charge in [0.2, 0.25) is 0 Å². The van der Waals surface area contributed by atoms with Crippen LogP contribution in [0.5, 0.6) is 0 Å². The van der Waals surface area contributed by atoms with Gasteiger partial charge in [-0.05, 0) is 37.5 Å². The summed E-state index contributed by atoms with van der Waals surface area (Å²) in [7, 11) is 0. The summed E-state index contributed by atoms with van der Waals surface area (Å²) in [6.07, 6.45) is 5.66. The van der Waals surface area contributed by atoms with Gasteiger partial charge in [-0.3, -0.25) is 4.98 Å². The summed E-state index contributed by atoms with van der Waals surface area (Å²) in [6, 6.07) is 12.5. The molecular weight excluding hydrogens is 272 g/mol. The molecule has 4 nitrogen and oxygen atoms in total. The van der Waals surface area contributed by atoms with Gasteiger partial charge in [-0.15, -0.1) is 10.2 Å². The lowest BCUT2D eigenvalue weighted by molar-refractivity contribution is 0.302. The molecule has 0 bridgehead atoms. The largest absolute Gasteiger partial charge is 0.301 e. The number of hydrogen-bond donors (Lipinski definition) is 0. The monoisotopic (exact) mass is 290 g/mol. The van der Waals surface area contributed by atoms with Crippen molar-refractivity contribution in [2.75, 3.05) is 0 Å². The van der Waals surface area contributed by atoms with Crippen LogP contribution in [0.15, 0.2) is 48.8 Å². The molecule has 110 valence electrons. The molecule has 4 rings (SSSR count). The maximum absolute atomic E-state index is 4.50. The van der Waals surface area contributed by atoms with Gasteiger partial charge in [-0.1, -0.05) is 31.2 Å². The van der Waals surface area contributed by atoms with Gasteiger partial charge in [0.15, 0.2) is 11.6 Å². The quantitative estimate of drug-likeness (QED) is 0.723. The number of pyridine rings is 1. The SMILES string of the molecule is CCC1(C)Cc2ccccc2-c2nnc(-c3cccnc3)n21. The third-order valence-electron chi connectivity index (χ3n) is 4.71. The second-order valence-electron chi connectivity index (χ2n) is 6.11. The first kappa shape index (κ1) is 13.2. The first-order chi connectivity index (χ1) is 10.7. The van der Waals surface area contributed by atoms with Gasteiger partial charge in [0, 0.05) is 29.1 Å². The Balaban J connectivity index is 2.00. The minimum Gasteiger partial charge on any atom is -0.301 e. The number of benzene rings is 1. The topological polar surface area (TPSA) is 43.6 Å². The van der Waals surface area contributed by atoms with Gasteiger partial charge in [-0.2, -0.15) is 0 Å². The number of fused-ring (bicyclic) bond motifs is 3. The fourth-order valence-electron chi connectivity index (χ4n) is 3.32. The Labute approximate surface area is 129 Å².